The van der Waals surface area contributed by atoms with Gasteiger partial charge in [-0.05, 0) is 72.7 Å². The Balaban J connectivity index is 1.48. The van der Waals surface area contributed by atoms with Crippen LogP contribution in [0.4, 0.5) is 9.59 Å². The summed E-state index contributed by atoms with van der Waals surface area (Å²) in [6.07, 6.45) is -0.384. The first-order valence-electron chi connectivity index (χ1n) is 20.9. The van der Waals surface area contributed by atoms with Crippen LogP contribution in [0.25, 0.3) is 17.5 Å². The number of alkyl carbamates (subject to hydrolysis) is 2. The molecule has 0 bridgehead atoms. The summed E-state index contributed by atoms with van der Waals surface area (Å²) in [4.78, 5) is 65.4. The minimum Gasteiger partial charge on any atom is -0.458 e. The predicted octanol–water partition coefficient (Wildman–Crippen LogP) is 4.52. The SMILES string of the molecule is CC[C@H]1OC(=O)[C@H](C)[C@@H](O)[C@H](C)[C@@H](O[C@@H]2O[C@H](C)C[C@H](N(C)C)[C@H]2O)[C@](C)(OC(=O)NC/C=C/c2ccc(-c3ncccn3)cc2)C[C@@H](C)C(=O)[C@H](C)[C@H]2NC(=O)O[C@@]21C. The van der Waals surface area contributed by atoms with E-state index < -0.39 is 89.8 Å². The molecule has 16 nitrogen and oxygen atoms in total. The summed E-state index contributed by atoms with van der Waals surface area (Å²) in [5, 5.41) is 29.1. The molecule has 3 aliphatic rings. The zero-order valence-corrected chi connectivity index (χ0v) is 36.4. The fourth-order valence-corrected chi connectivity index (χ4v) is 9.01. The number of cyclic esters (lactones) is 1. The van der Waals surface area contributed by atoms with E-state index in [1.165, 1.54) is 6.92 Å². The van der Waals surface area contributed by atoms with Crippen LogP contribution >= 0.6 is 0 Å². The van der Waals surface area contributed by atoms with Gasteiger partial charge in [-0.25, -0.2) is 19.6 Å². The Hall–Kier alpha value is -4.48. The Morgan fingerprint density at radius 1 is 1.02 bits per heavy atom. The van der Waals surface area contributed by atoms with Crippen molar-refractivity contribution in [1.82, 2.24) is 25.5 Å². The lowest BCUT2D eigenvalue weighted by atomic mass is 9.73. The number of Topliss-reactive ketones (excluding diaryl/α,β-unsaturated/α-hetero) is 1. The molecule has 3 saturated heterocycles. The van der Waals surface area contributed by atoms with E-state index in [9.17, 15) is 29.4 Å². The minimum absolute atomic E-state index is 0.0710. The van der Waals surface area contributed by atoms with Crippen molar-refractivity contribution in [2.75, 3.05) is 20.6 Å². The van der Waals surface area contributed by atoms with Crippen LogP contribution in [0.3, 0.4) is 0 Å². The average molecular weight is 838 g/mol. The Morgan fingerprint density at radius 2 is 1.68 bits per heavy atom. The molecule has 0 radical (unpaired) electrons. The number of ketones is 1. The van der Waals surface area contributed by atoms with Gasteiger partial charge in [0.05, 0.1) is 24.2 Å². The van der Waals surface area contributed by atoms with Crippen molar-refractivity contribution in [3.05, 3.63) is 54.4 Å². The van der Waals surface area contributed by atoms with Gasteiger partial charge in [0.2, 0.25) is 0 Å². The summed E-state index contributed by atoms with van der Waals surface area (Å²) in [5.41, 5.74) is -1.38. The second-order valence-electron chi connectivity index (χ2n) is 17.3. The van der Waals surface area contributed by atoms with Gasteiger partial charge in [-0.1, -0.05) is 64.1 Å². The number of nitrogens with zero attached hydrogens (tertiary/aromatic N) is 3. The smallest absolute Gasteiger partial charge is 0.408 e. The van der Waals surface area contributed by atoms with E-state index in [-0.39, 0.29) is 37.3 Å². The number of benzene rings is 1. The predicted molar refractivity (Wildman–Crippen MR) is 221 cm³/mol. The number of aromatic nitrogens is 2. The number of esters is 1. The average Bonchev–Trinajstić information content (AvgIpc) is 3.53. The summed E-state index contributed by atoms with van der Waals surface area (Å²) < 4.78 is 30.9. The number of amides is 2. The second kappa shape index (κ2) is 19.5. The van der Waals surface area contributed by atoms with Crippen LogP contribution in [0.15, 0.2) is 48.8 Å². The maximum Gasteiger partial charge on any atom is 0.408 e. The molecule has 2 amide bonds. The van der Waals surface area contributed by atoms with Gasteiger partial charge in [0.25, 0.3) is 0 Å². The second-order valence-corrected chi connectivity index (χ2v) is 17.3. The molecule has 5 rings (SSSR count). The van der Waals surface area contributed by atoms with Crippen molar-refractivity contribution >= 4 is 30.0 Å². The molecule has 330 valence electrons. The highest BCUT2D eigenvalue weighted by molar-refractivity contribution is 5.85. The van der Waals surface area contributed by atoms with Crippen LogP contribution in [-0.2, 0) is 33.3 Å². The Bertz CT molecular complexity index is 1830. The van der Waals surface area contributed by atoms with Crippen molar-refractivity contribution in [2.45, 2.75) is 135 Å². The van der Waals surface area contributed by atoms with Crippen LogP contribution in [0, 0.1) is 23.7 Å². The molecular formula is C44H63N5O11. The molecule has 60 heavy (non-hydrogen) atoms. The molecule has 3 fully saturated rings. The molecule has 3 aliphatic heterocycles. The van der Waals surface area contributed by atoms with E-state index in [1.807, 2.05) is 56.3 Å². The summed E-state index contributed by atoms with van der Waals surface area (Å²) >= 11 is 0. The normalized spacial score (nSPS) is 36.8. The number of rotatable bonds is 9. The first-order valence-corrected chi connectivity index (χ1v) is 20.9. The summed E-state index contributed by atoms with van der Waals surface area (Å²) in [7, 11) is 3.68. The summed E-state index contributed by atoms with van der Waals surface area (Å²) in [6, 6.07) is 8.11. The first-order chi connectivity index (χ1) is 28.3. The fourth-order valence-electron chi connectivity index (χ4n) is 9.01. The minimum atomic E-state index is -1.69. The van der Waals surface area contributed by atoms with E-state index in [0.717, 1.165) is 11.1 Å². The van der Waals surface area contributed by atoms with Gasteiger partial charge in [0, 0.05) is 48.3 Å². The number of aliphatic hydroxyl groups is 2. The molecule has 1 aromatic carbocycles. The van der Waals surface area contributed by atoms with Crippen LogP contribution in [-0.4, -0.2) is 130 Å². The maximum absolute atomic E-state index is 14.4. The lowest BCUT2D eigenvalue weighted by Gasteiger charge is -2.48. The highest BCUT2D eigenvalue weighted by atomic mass is 16.7. The molecule has 4 heterocycles. The maximum atomic E-state index is 14.4. The van der Waals surface area contributed by atoms with E-state index in [0.29, 0.717) is 12.2 Å². The lowest BCUT2D eigenvalue weighted by Crippen LogP contribution is -2.61. The molecule has 1 aromatic heterocycles. The van der Waals surface area contributed by atoms with E-state index in [1.54, 1.807) is 66.1 Å². The van der Waals surface area contributed by atoms with Gasteiger partial charge < -0.3 is 49.4 Å². The molecule has 14 atom stereocenters. The molecule has 16 heteroatoms. The van der Waals surface area contributed by atoms with Crippen molar-refractivity contribution in [3.8, 4) is 11.4 Å². The standard InChI is InChI=1S/C44H63N5O11/c1-11-32-44(8)36(48-42(55)60-44)26(4)33(50)24(2)23-43(7,59-41(54)47-19-12-14-29-15-17-30(18-16-29)38-45-20-13-21-46-38)37(27(5)34(51)28(6)39(53)57-32)58-40-35(52)31(49(9)10)22-25(3)56-40/h12-18,20-21,24-28,31-32,34-37,40,51-52H,11,19,22-23H2,1-10H3,(H,47,54)(H,48,55)/b14-12+/t24-,25-,26+,27+,28-,31+,32-,34+,35-,36-,37-,40+,43-,44-/m1/s1. The number of hydrogen-bond acceptors (Lipinski definition) is 14. The Morgan fingerprint density at radius 3 is 2.32 bits per heavy atom. The van der Waals surface area contributed by atoms with Gasteiger partial charge in [-0.2, -0.15) is 0 Å². The number of fused-ring (bicyclic) bond motifs is 1. The fraction of sp³-hybridized carbons (Fsp3) is 0.636. The van der Waals surface area contributed by atoms with Gasteiger partial charge in [-0.3, -0.25) is 9.59 Å². The van der Waals surface area contributed by atoms with Crippen LogP contribution < -0.4 is 10.6 Å². The van der Waals surface area contributed by atoms with Gasteiger partial charge >= 0.3 is 18.2 Å². The van der Waals surface area contributed by atoms with Crippen LogP contribution in [0.5, 0.6) is 0 Å². The largest absolute Gasteiger partial charge is 0.458 e. The lowest BCUT2D eigenvalue weighted by molar-refractivity contribution is -0.298. The number of nitrogens with one attached hydrogen (secondary N) is 2. The molecule has 0 saturated carbocycles. The van der Waals surface area contributed by atoms with E-state index in [2.05, 4.69) is 20.6 Å². The summed E-state index contributed by atoms with van der Waals surface area (Å²) in [5.74, 6) is -4.21. The van der Waals surface area contributed by atoms with Crippen molar-refractivity contribution in [3.63, 3.8) is 0 Å². The number of ether oxygens (including phenoxy) is 5. The van der Waals surface area contributed by atoms with Crippen molar-refractivity contribution in [2.24, 2.45) is 23.7 Å². The quantitative estimate of drug-likeness (QED) is 0.202. The number of carbonyl (C=O) groups is 4. The molecule has 2 aromatic rings. The number of aliphatic hydroxyl groups excluding tert-OH is 2. The topological polar surface area (TPSA) is 208 Å². The molecule has 0 aliphatic carbocycles. The van der Waals surface area contributed by atoms with Gasteiger partial charge in [0.1, 0.15) is 29.7 Å². The zero-order valence-electron chi connectivity index (χ0n) is 36.4. The first kappa shape index (κ1) is 46.6. The third kappa shape index (κ3) is 10.3. The highest BCUT2D eigenvalue weighted by Gasteiger charge is 2.57. The van der Waals surface area contributed by atoms with Crippen molar-refractivity contribution < 1.29 is 53.1 Å². The third-order valence-electron chi connectivity index (χ3n) is 12.4. The highest BCUT2D eigenvalue weighted by Crippen LogP contribution is 2.41. The number of hydrogen-bond donors (Lipinski definition) is 4. The zero-order chi connectivity index (χ0) is 44.1. The van der Waals surface area contributed by atoms with Crippen LogP contribution in [0.2, 0.25) is 0 Å². The molecule has 0 unspecified atom stereocenters. The molecular weight excluding hydrogens is 775 g/mol. The monoisotopic (exact) mass is 837 g/mol. The number of likely N-dealkylation sites (N-methyl/N-ethyl adjacent to an activating group) is 1. The van der Waals surface area contributed by atoms with E-state index >= 15 is 0 Å². The summed E-state index contributed by atoms with van der Waals surface area (Å²) in [6.45, 7) is 13.5. The van der Waals surface area contributed by atoms with Crippen LogP contribution in [0.1, 0.15) is 80.2 Å². The van der Waals surface area contributed by atoms with Gasteiger partial charge in [-0.15, -0.1) is 0 Å². The van der Waals surface area contributed by atoms with Crippen molar-refractivity contribution in [1.29, 1.82) is 0 Å². The van der Waals surface area contributed by atoms with Gasteiger partial charge in [0.15, 0.2) is 17.7 Å². The Labute approximate surface area is 352 Å². The third-order valence-corrected chi connectivity index (χ3v) is 12.4. The van der Waals surface area contributed by atoms with E-state index in [4.69, 9.17) is 23.7 Å². The molecule has 0 spiro atoms. The number of carbonyl (C=O) groups excluding carboxylic acids is 4. The Kier molecular flexibility index (Phi) is 15.1. The molecule has 4 N–H and O–H groups in total.